The first kappa shape index (κ1) is 27.9. The zero-order valence-electron chi connectivity index (χ0n) is 22.0. The smallest absolute Gasteiger partial charge is 0.475 e. The lowest BCUT2D eigenvalue weighted by atomic mass is 10.1. The molecule has 1 aliphatic heterocycles. The number of anilines is 1. The van der Waals surface area contributed by atoms with E-state index in [-0.39, 0.29) is 5.56 Å². The van der Waals surface area contributed by atoms with E-state index in [9.17, 15) is 22.4 Å². The number of alkyl halides is 3. The van der Waals surface area contributed by atoms with Gasteiger partial charge in [0.15, 0.2) is 5.82 Å². The highest BCUT2D eigenvalue weighted by atomic mass is 19.4. The standard InChI is InChI=1S/C25H24FN7O.C2HF3O2/c1-14-10-18(26)17(11-21(14)32-12-20(27-13-32)16-7-8-16)25(34)29-22-5-3-4-19(28-22)24-31-30-23-9-6-15(2)33(23)24;3-2(4,5)1(6)7/h3-5,10-13,15-16H,6-9H2,1-2H3,(H,28,29,34);(H,6,7)/t15-;/m0./s1. The summed E-state index contributed by atoms with van der Waals surface area (Å²) >= 11 is 0. The first-order valence-corrected chi connectivity index (χ1v) is 12.8. The lowest BCUT2D eigenvalue weighted by Crippen LogP contribution is -2.21. The van der Waals surface area contributed by atoms with Gasteiger partial charge in [-0.1, -0.05) is 6.07 Å². The largest absolute Gasteiger partial charge is 0.490 e. The molecule has 0 radical (unpaired) electrons. The van der Waals surface area contributed by atoms with Crippen LogP contribution in [0.2, 0.25) is 0 Å². The maximum Gasteiger partial charge on any atom is 0.490 e. The number of carboxylic acid groups (broad SMARTS) is 1. The van der Waals surface area contributed by atoms with Crippen LogP contribution in [0, 0.1) is 12.7 Å². The Morgan fingerprint density at radius 2 is 1.85 bits per heavy atom. The molecular formula is C27H25F4N7O3. The number of aryl methyl sites for hydroxylation is 2. The number of aromatic nitrogens is 6. The van der Waals surface area contributed by atoms with Crippen molar-refractivity contribution in [3.05, 3.63) is 71.3 Å². The number of benzene rings is 1. The van der Waals surface area contributed by atoms with Crippen LogP contribution in [0.15, 0.2) is 42.9 Å². The molecule has 2 aliphatic rings. The third-order valence-electron chi connectivity index (χ3n) is 6.86. The molecule has 1 aromatic carbocycles. The molecule has 1 amide bonds. The van der Waals surface area contributed by atoms with Gasteiger partial charge in [0.05, 0.1) is 23.3 Å². The second kappa shape index (κ2) is 10.7. The van der Waals surface area contributed by atoms with Gasteiger partial charge in [0.1, 0.15) is 23.2 Å². The van der Waals surface area contributed by atoms with E-state index in [4.69, 9.17) is 9.90 Å². The van der Waals surface area contributed by atoms with E-state index in [0.717, 1.165) is 48.5 Å². The lowest BCUT2D eigenvalue weighted by Gasteiger charge is -2.12. The minimum absolute atomic E-state index is 0.0496. The lowest BCUT2D eigenvalue weighted by molar-refractivity contribution is -0.192. The quantitative estimate of drug-likeness (QED) is 0.314. The Labute approximate surface area is 231 Å². The molecule has 4 aromatic rings. The van der Waals surface area contributed by atoms with Crippen LogP contribution in [0.5, 0.6) is 0 Å². The Morgan fingerprint density at radius 1 is 1.12 bits per heavy atom. The summed E-state index contributed by atoms with van der Waals surface area (Å²) < 4.78 is 50.5. The zero-order valence-corrected chi connectivity index (χ0v) is 22.0. The van der Waals surface area contributed by atoms with Gasteiger partial charge in [-0.25, -0.2) is 19.2 Å². The molecule has 41 heavy (non-hydrogen) atoms. The van der Waals surface area contributed by atoms with Gasteiger partial charge in [-0.2, -0.15) is 13.2 Å². The van der Waals surface area contributed by atoms with Crippen molar-refractivity contribution in [3.8, 4) is 17.2 Å². The molecule has 3 aromatic heterocycles. The van der Waals surface area contributed by atoms with Gasteiger partial charge in [-0.05, 0) is 62.9 Å². The van der Waals surface area contributed by atoms with Crippen molar-refractivity contribution >= 4 is 17.7 Å². The Kier molecular flexibility index (Phi) is 7.32. The van der Waals surface area contributed by atoms with E-state index in [1.54, 1.807) is 24.5 Å². The molecule has 10 nitrogen and oxygen atoms in total. The van der Waals surface area contributed by atoms with E-state index < -0.39 is 23.9 Å². The average Bonchev–Trinajstić information content (AvgIpc) is 3.31. The predicted molar refractivity (Wildman–Crippen MR) is 138 cm³/mol. The van der Waals surface area contributed by atoms with Crippen LogP contribution >= 0.6 is 0 Å². The maximum atomic E-state index is 14.8. The fourth-order valence-electron chi connectivity index (χ4n) is 4.58. The molecule has 6 rings (SSSR count). The number of hydrogen-bond acceptors (Lipinski definition) is 6. The molecule has 2 N–H and O–H groups in total. The van der Waals surface area contributed by atoms with Crippen molar-refractivity contribution in [2.24, 2.45) is 0 Å². The van der Waals surface area contributed by atoms with Gasteiger partial charge in [0.25, 0.3) is 5.91 Å². The third kappa shape index (κ3) is 5.95. The van der Waals surface area contributed by atoms with Crippen molar-refractivity contribution in [2.75, 3.05) is 5.32 Å². The van der Waals surface area contributed by atoms with Gasteiger partial charge in [0.2, 0.25) is 0 Å². The minimum atomic E-state index is -5.08. The number of carbonyl (C=O) groups excluding carboxylic acids is 1. The van der Waals surface area contributed by atoms with Crippen LogP contribution in [0.3, 0.4) is 0 Å². The molecule has 0 bridgehead atoms. The minimum Gasteiger partial charge on any atom is -0.475 e. The van der Waals surface area contributed by atoms with Crippen molar-refractivity contribution in [1.82, 2.24) is 29.3 Å². The van der Waals surface area contributed by atoms with Crippen LogP contribution in [0.4, 0.5) is 23.4 Å². The number of hydrogen-bond donors (Lipinski definition) is 2. The SMILES string of the molecule is Cc1cc(F)c(C(=O)Nc2cccc(-c3nnc4n3[C@@H](C)CC4)n2)cc1-n1cnc(C2CC2)c1.O=C(O)C(F)(F)F. The normalized spacial score (nSPS) is 16.1. The zero-order chi connectivity index (χ0) is 29.5. The summed E-state index contributed by atoms with van der Waals surface area (Å²) in [6.45, 7) is 3.94. The molecule has 214 valence electrons. The first-order chi connectivity index (χ1) is 19.4. The number of nitrogens with zero attached hydrogens (tertiary/aromatic N) is 6. The second-order valence-corrected chi connectivity index (χ2v) is 9.96. The van der Waals surface area contributed by atoms with Crippen LogP contribution in [0.25, 0.3) is 17.2 Å². The molecular weight excluding hydrogens is 546 g/mol. The highest BCUT2D eigenvalue weighted by Gasteiger charge is 2.38. The highest BCUT2D eigenvalue weighted by molar-refractivity contribution is 6.04. The van der Waals surface area contributed by atoms with Gasteiger partial charge >= 0.3 is 12.1 Å². The predicted octanol–water partition coefficient (Wildman–Crippen LogP) is 5.24. The first-order valence-electron chi connectivity index (χ1n) is 12.8. The van der Waals surface area contributed by atoms with Crippen molar-refractivity contribution in [2.45, 2.75) is 57.7 Å². The van der Waals surface area contributed by atoms with Crippen LogP contribution in [-0.4, -0.2) is 52.5 Å². The van der Waals surface area contributed by atoms with Gasteiger partial charge in [-0.15, -0.1) is 10.2 Å². The third-order valence-corrected chi connectivity index (χ3v) is 6.86. The molecule has 0 saturated heterocycles. The Morgan fingerprint density at radius 3 is 2.54 bits per heavy atom. The topological polar surface area (TPSA) is 128 Å². The summed E-state index contributed by atoms with van der Waals surface area (Å²) in [6.07, 6.45) is 2.80. The number of aliphatic carboxylic acids is 1. The molecule has 1 atom stereocenters. The highest BCUT2D eigenvalue weighted by Crippen LogP contribution is 2.39. The second-order valence-electron chi connectivity index (χ2n) is 9.96. The molecule has 1 aliphatic carbocycles. The summed E-state index contributed by atoms with van der Waals surface area (Å²) in [7, 11) is 0. The van der Waals surface area contributed by atoms with E-state index in [2.05, 4.69) is 37.0 Å². The van der Waals surface area contributed by atoms with Crippen LogP contribution < -0.4 is 5.32 Å². The maximum absolute atomic E-state index is 14.8. The summed E-state index contributed by atoms with van der Waals surface area (Å²) in [5.74, 6) is -1.45. The summed E-state index contributed by atoms with van der Waals surface area (Å²) in [6, 6.07) is 8.54. The van der Waals surface area contributed by atoms with Crippen LogP contribution in [-0.2, 0) is 11.2 Å². The summed E-state index contributed by atoms with van der Waals surface area (Å²) in [4.78, 5) is 31.0. The number of pyridine rings is 1. The fraction of sp³-hybridized carbons (Fsp3) is 0.333. The summed E-state index contributed by atoms with van der Waals surface area (Å²) in [5, 5.41) is 18.4. The Balaban J connectivity index is 0.000000431. The van der Waals surface area contributed by atoms with Gasteiger partial charge in [-0.3, -0.25) is 4.79 Å². The Bertz CT molecular complexity index is 1630. The molecule has 0 spiro atoms. The van der Waals surface area contributed by atoms with E-state index in [0.29, 0.717) is 29.3 Å². The summed E-state index contributed by atoms with van der Waals surface area (Å²) in [5.41, 5.74) is 3.04. The molecule has 0 unspecified atom stereocenters. The monoisotopic (exact) mass is 571 g/mol. The van der Waals surface area contributed by atoms with E-state index >= 15 is 0 Å². The average molecular weight is 572 g/mol. The van der Waals surface area contributed by atoms with Crippen molar-refractivity contribution < 1.29 is 32.3 Å². The molecule has 1 fully saturated rings. The van der Waals surface area contributed by atoms with Crippen molar-refractivity contribution in [1.29, 1.82) is 0 Å². The number of halogens is 4. The number of carbonyl (C=O) groups is 2. The molecule has 14 heteroatoms. The van der Waals surface area contributed by atoms with Crippen molar-refractivity contribution in [3.63, 3.8) is 0 Å². The number of fused-ring (bicyclic) bond motifs is 1. The number of rotatable bonds is 5. The van der Waals surface area contributed by atoms with Crippen LogP contribution in [0.1, 0.15) is 65.6 Å². The number of carboxylic acids is 1. The van der Waals surface area contributed by atoms with Gasteiger partial charge in [0, 0.05) is 24.6 Å². The number of imidazole rings is 1. The molecule has 1 saturated carbocycles. The van der Waals surface area contributed by atoms with Gasteiger partial charge < -0.3 is 19.6 Å². The number of amides is 1. The fourth-order valence-corrected chi connectivity index (χ4v) is 4.58. The number of nitrogens with one attached hydrogen (secondary N) is 1. The molecule has 4 heterocycles. The van der Waals surface area contributed by atoms with E-state index in [1.807, 2.05) is 23.8 Å². The Hall–Kier alpha value is -4.62. The van der Waals surface area contributed by atoms with E-state index in [1.165, 1.54) is 6.07 Å².